The summed E-state index contributed by atoms with van der Waals surface area (Å²) in [5, 5.41) is 4.78. The second-order valence-corrected chi connectivity index (χ2v) is 6.71. The van der Waals surface area contributed by atoms with Gasteiger partial charge in [-0.05, 0) is 43.4 Å². The Bertz CT molecular complexity index is 629. The average molecular weight is 296 g/mol. The number of hydrogen-bond acceptors (Lipinski definition) is 3. The molecule has 3 fully saturated rings. The largest absolute Gasteiger partial charge is 0.460 e. The Balaban J connectivity index is 1.33. The van der Waals surface area contributed by atoms with E-state index in [-0.39, 0.29) is 0 Å². The molecule has 2 bridgehead atoms. The van der Waals surface area contributed by atoms with Crippen molar-refractivity contribution in [2.75, 3.05) is 19.6 Å². The predicted octanol–water partition coefficient (Wildman–Crippen LogP) is 3.42. The molecule has 5 rings (SSSR count). The smallest absolute Gasteiger partial charge is 0.134 e. The molecule has 4 heterocycles. The SMILES string of the molecule is C=CC1CN2CCC1CC2CNCc1cc2ccccc2o1. The highest BCUT2D eigenvalue weighted by molar-refractivity contribution is 5.77. The van der Waals surface area contributed by atoms with E-state index in [2.05, 4.69) is 41.1 Å². The zero-order chi connectivity index (χ0) is 14.9. The monoisotopic (exact) mass is 296 g/mol. The summed E-state index contributed by atoms with van der Waals surface area (Å²) >= 11 is 0. The van der Waals surface area contributed by atoms with Gasteiger partial charge in [-0.1, -0.05) is 24.3 Å². The number of para-hydroxylation sites is 1. The van der Waals surface area contributed by atoms with Crippen molar-refractivity contribution in [2.45, 2.75) is 25.4 Å². The highest BCUT2D eigenvalue weighted by Crippen LogP contribution is 2.36. The van der Waals surface area contributed by atoms with E-state index < -0.39 is 0 Å². The normalized spacial score (nSPS) is 30.7. The molecule has 3 aliphatic rings. The van der Waals surface area contributed by atoms with Crippen LogP contribution < -0.4 is 5.32 Å². The lowest BCUT2D eigenvalue weighted by atomic mass is 9.75. The molecule has 0 radical (unpaired) electrons. The van der Waals surface area contributed by atoms with E-state index in [9.17, 15) is 0 Å². The summed E-state index contributed by atoms with van der Waals surface area (Å²) in [6.07, 6.45) is 4.81. The molecule has 0 spiro atoms. The summed E-state index contributed by atoms with van der Waals surface area (Å²) in [5.41, 5.74) is 0.980. The first kappa shape index (κ1) is 14.0. The van der Waals surface area contributed by atoms with Crippen molar-refractivity contribution in [1.29, 1.82) is 0 Å². The topological polar surface area (TPSA) is 28.4 Å². The highest BCUT2D eigenvalue weighted by atomic mass is 16.3. The van der Waals surface area contributed by atoms with Crippen molar-refractivity contribution in [3.63, 3.8) is 0 Å². The lowest BCUT2D eigenvalue weighted by Crippen LogP contribution is -2.55. The number of fused-ring (bicyclic) bond motifs is 4. The molecule has 0 aliphatic carbocycles. The molecule has 1 N–H and O–H groups in total. The molecule has 3 saturated heterocycles. The number of nitrogens with zero attached hydrogens (tertiary/aromatic N) is 1. The molecule has 1 aromatic heterocycles. The predicted molar refractivity (Wildman–Crippen MR) is 89.7 cm³/mol. The Morgan fingerprint density at radius 2 is 2.27 bits per heavy atom. The van der Waals surface area contributed by atoms with Gasteiger partial charge in [0, 0.05) is 24.5 Å². The van der Waals surface area contributed by atoms with Crippen LogP contribution in [0.1, 0.15) is 18.6 Å². The fourth-order valence-corrected chi connectivity index (χ4v) is 4.15. The van der Waals surface area contributed by atoms with Gasteiger partial charge in [-0.25, -0.2) is 0 Å². The van der Waals surface area contributed by atoms with Crippen molar-refractivity contribution in [1.82, 2.24) is 10.2 Å². The minimum atomic E-state index is 0.680. The number of benzene rings is 1. The van der Waals surface area contributed by atoms with Crippen LogP contribution in [0, 0.1) is 11.8 Å². The average Bonchev–Trinajstić information content (AvgIpc) is 2.98. The van der Waals surface area contributed by atoms with Crippen LogP contribution in [0.5, 0.6) is 0 Å². The molecular weight excluding hydrogens is 272 g/mol. The van der Waals surface area contributed by atoms with Crippen molar-refractivity contribution in [2.24, 2.45) is 11.8 Å². The first-order chi connectivity index (χ1) is 10.8. The van der Waals surface area contributed by atoms with Gasteiger partial charge < -0.3 is 9.73 Å². The number of rotatable bonds is 5. The van der Waals surface area contributed by atoms with Crippen LogP contribution in [-0.4, -0.2) is 30.6 Å². The quantitative estimate of drug-likeness (QED) is 0.857. The summed E-state index contributed by atoms with van der Waals surface area (Å²) in [6, 6.07) is 11.0. The van der Waals surface area contributed by atoms with Gasteiger partial charge in [0.05, 0.1) is 6.54 Å². The Hall–Kier alpha value is -1.58. The molecule has 1 aromatic carbocycles. The van der Waals surface area contributed by atoms with Crippen LogP contribution in [-0.2, 0) is 6.54 Å². The zero-order valence-electron chi connectivity index (χ0n) is 13.0. The van der Waals surface area contributed by atoms with Crippen LogP contribution in [0.3, 0.4) is 0 Å². The Morgan fingerprint density at radius 3 is 3.05 bits per heavy atom. The van der Waals surface area contributed by atoms with Crippen LogP contribution in [0.25, 0.3) is 11.0 Å². The number of nitrogens with one attached hydrogen (secondary N) is 1. The van der Waals surface area contributed by atoms with E-state index in [0.29, 0.717) is 12.0 Å². The molecule has 4 unspecified atom stereocenters. The minimum Gasteiger partial charge on any atom is -0.460 e. The first-order valence-electron chi connectivity index (χ1n) is 8.38. The summed E-state index contributed by atoms with van der Waals surface area (Å²) < 4.78 is 5.86. The molecule has 0 saturated carbocycles. The molecule has 0 amide bonds. The lowest BCUT2D eigenvalue weighted by molar-refractivity contribution is 0.0193. The summed E-state index contributed by atoms with van der Waals surface area (Å²) in [7, 11) is 0. The summed E-state index contributed by atoms with van der Waals surface area (Å²) in [4.78, 5) is 2.64. The molecule has 2 aromatic rings. The number of piperidine rings is 3. The van der Waals surface area contributed by atoms with Crippen LogP contribution in [0.15, 0.2) is 47.4 Å². The molecule has 3 nitrogen and oxygen atoms in total. The van der Waals surface area contributed by atoms with Gasteiger partial charge in [0.1, 0.15) is 11.3 Å². The third-order valence-electron chi connectivity index (χ3n) is 5.39. The van der Waals surface area contributed by atoms with Crippen molar-refractivity contribution < 1.29 is 4.42 Å². The second kappa shape index (κ2) is 5.90. The van der Waals surface area contributed by atoms with Gasteiger partial charge in [0.15, 0.2) is 0 Å². The fraction of sp³-hybridized carbons (Fsp3) is 0.474. The molecule has 116 valence electrons. The third kappa shape index (κ3) is 2.59. The molecule has 3 heteroatoms. The minimum absolute atomic E-state index is 0.680. The van der Waals surface area contributed by atoms with E-state index in [1.807, 2.05) is 12.1 Å². The number of hydrogen-bond donors (Lipinski definition) is 1. The standard InChI is InChI=1S/C19H24N2O/c1-2-14-13-21-8-7-15(14)9-17(21)11-20-12-18-10-16-5-3-4-6-19(16)22-18/h2-6,10,14-15,17,20H,1,7-9,11-13H2. The Kier molecular flexibility index (Phi) is 3.77. The van der Waals surface area contributed by atoms with Crippen LogP contribution in [0.4, 0.5) is 0 Å². The van der Waals surface area contributed by atoms with E-state index in [4.69, 9.17) is 4.42 Å². The first-order valence-corrected chi connectivity index (χ1v) is 8.38. The summed E-state index contributed by atoms with van der Waals surface area (Å²) in [6.45, 7) is 8.32. The molecule has 22 heavy (non-hydrogen) atoms. The molecule has 3 aliphatic heterocycles. The maximum atomic E-state index is 5.86. The van der Waals surface area contributed by atoms with Gasteiger partial charge >= 0.3 is 0 Å². The molecule has 4 atom stereocenters. The third-order valence-corrected chi connectivity index (χ3v) is 5.39. The van der Waals surface area contributed by atoms with Gasteiger partial charge in [0.2, 0.25) is 0 Å². The van der Waals surface area contributed by atoms with Gasteiger partial charge in [0.25, 0.3) is 0 Å². The number of furan rings is 1. The van der Waals surface area contributed by atoms with E-state index >= 15 is 0 Å². The summed E-state index contributed by atoms with van der Waals surface area (Å²) in [5.74, 6) is 2.59. The lowest BCUT2D eigenvalue weighted by Gasteiger charge is -2.49. The zero-order valence-corrected chi connectivity index (χ0v) is 13.0. The van der Waals surface area contributed by atoms with Crippen molar-refractivity contribution in [3.05, 3.63) is 48.7 Å². The molecular formula is C19H24N2O. The highest BCUT2D eigenvalue weighted by Gasteiger charge is 2.38. The van der Waals surface area contributed by atoms with Gasteiger partial charge in [-0.2, -0.15) is 0 Å². The van der Waals surface area contributed by atoms with Crippen molar-refractivity contribution in [3.8, 4) is 0 Å². The van der Waals surface area contributed by atoms with Gasteiger partial charge in [-0.3, -0.25) is 4.90 Å². The van der Waals surface area contributed by atoms with E-state index in [1.54, 1.807) is 0 Å². The second-order valence-electron chi connectivity index (χ2n) is 6.71. The van der Waals surface area contributed by atoms with Crippen LogP contribution >= 0.6 is 0 Å². The van der Waals surface area contributed by atoms with E-state index in [0.717, 1.165) is 30.4 Å². The Morgan fingerprint density at radius 1 is 1.36 bits per heavy atom. The Labute approximate surface area is 132 Å². The maximum Gasteiger partial charge on any atom is 0.134 e. The van der Waals surface area contributed by atoms with Crippen LogP contribution in [0.2, 0.25) is 0 Å². The van der Waals surface area contributed by atoms with E-state index in [1.165, 1.54) is 31.3 Å². The maximum absolute atomic E-state index is 5.86. The van der Waals surface area contributed by atoms with Crippen molar-refractivity contribution >= 4 is 11.0 Å². The van der Waals surface area contributed by atoms with Gasteiger partial charge in [-0.15, -0.1) is 6.58 Å². The fourth-order valence-electron chi connectivity index (χ4n) is 4.15.